The first-order valence-corrected chi connectivity index (χ1v) is 12.6. The molecule has 8 heteroatoms. The van der Waals surface area contributed by atoms with Crippen molar-refractivity contribution >= 4 is 40.0 Å². The Morgan fingerprint density at radius 3 is 2.27 bits per heavy atom. The van der Waals surface area contributed by atoms with E-state index in [-0.39, 0.29) is 30.0 Å². The number of nitrogens with one attached hydrogen (secondary N) is 2. The molecule has 0 bridgehead atoms. The molecule has 0 aliphatic carbocycles. The zero-order valence-corrected chi connectivity index (χ0v) is 22.2. The summed E-state index contributed by atoms with van der Waals surface area (Å²) in [7, 11) is -3.07. The minimum atomic E-state index is -3.07. The third-order valence-corrected chi connectivity index (χ3v) is 6.67. The number of halogens is 1. The van der Waals surface area contributed by atoms with E-state index >= 15 is 0 Å². The number of sulfonamides is 1. The van der Waals surface area contributed by atoms with Crippen LogP contribution in [0, 0.1) is 11.8 Å². The second-order valence-electron chi connectivity index (χ2n) is 8.53. The average molecular weight is 551 g/mol. The van der Waals surface area contributed by atoms with Gasteiger partial charge in [-0.3, -0.25) is 4.99 Å². The SMILES string of the molecule is CCNC(=NCC1CCN(S(C)(=O)=O)CC1)NC(C)c1ccc(CC(C)C)cc1.I. The Bertz CT molecular complexity index is 758. The molecular formula is C22H39IN4O2S. The van der Waals surface area contributed by atoms with E-state index in [9.17, 15) is 8.42 Å². The van der Waals surface area contributed by atoms with Crippen LogP contribution in [0.3, 0.4) is 0 Å². The molecule has 0 spiro atoms. The van der Waals surface area contributed by atoms with Crippen LogP contribution in [0.25, 0.3) is 0 Å². The molecule has 0 amide bonds. The maximum absolute atomic E-state index is 11.7. The van der Waals surface area contributed by atoms with Crippen LogP contribution in [0.1, 0.15) is 57.7 Å². The fraction of sp³-hybridized carbons (Fsp3) is 0.682. The molecule has 30 heavy (non-hydrogen) atoms. The largest absolute Gasteiger partial charge is 0.357 e. The lowest BCUT2D eigenvalue weighted by molar-refractivity contribution is 0.280. The zero-order valence-electron chi connectivity index (χ0n) is 19.0. The Labute approximate surface area is 200 Å². The molecule has 6 nitrogen and oxygen atoms in total. The van der Waals surface area contributed by atoms with Crippen molar-refractivity contribution in [1.29, 1.82) is 0 Å². The number of nitrogens with zero attached hydrogens (tertiary/aromatic N) is 2. The van der Waals surface area contributed by atoms with Crippen LogP contribution in [0.2, 0.25) is 0 Å². The van der Waals surface area contributed by atoms with Crippen LogP contribution in [0.15, 0.2) is 29.3 Å². The van der Waals surface area contributed by atoms with Crippen molar-refractivity contribution in [2.45, 2.75) is 53.0 Å². The molecule has 172 valence electrons. The van der Waals surface area contributed by atoms with Gasteiger partial charge in [0.2, 0.25) is 10.0 Å². The Morgan fingerprint density at radius 2 is 1.77 bits per heavy atom. The van der Waals surface area contributed by atoms with Crippen molar-refractivity contribution in [3.8, 4) is 0 Å². The van der Waals surface area contributed by atoms with Crippen molar-refractivity contribution in [2.75, 3.05) is 32.4 Å². The van der Waals surface area contributed by atoms with Gasteiger partial charge in [-0.15, -0.1) is 24.0 Å². The fourth-order valence-corrected chi connectivity index (χ4v) is 4.54. The van der Waals surface area contributed by atoms with Crippen molar-refractivity contribution in [1.82, 2.24) is 14.9 Å². The highest BCUT2D eigenvalue weighted by Gasteiger charge is 2.24. The molecule has 1 aromatic rings. The Kier molecular flexibility index (Phi) is 11.6. The first-order chi connectivity index (χ1) is 13.7. The molecule has 1 aliphatic rings. The standard InChI is InChI=1S/C22H38N4O2S.HI/c1-6-23-22(24-16-20-11-13-26(14-12-20)29(5,27)28)25-18(4)21-9-7-19(8-10-21)15-17(2)3;/h7-10,17-18,20H,6,11-16H2,1-5H3,(H2,23,24,25);1H. The topological polar surface area (TPSA) is 73.8 Å². The molecular weight excluding hydrogens is 511 g/mol. The summed E-state index contributed by atoms with van der Waals surface area (Å²) >= 11 is 0. The first-order valence-electron chi connectivity index (χ1n) is 10.8. The van der Waals surface area contributed by atoms with Crippen molar-refractivity contribution in [3.05, 3.63) is 35.4 Å². The van der Waals surface area contributed by atoms with Crippen LogP contribution < -0.4 is 10.6 Å². The van der Waals surface area contributed by atoms with Gasteiger partial charge < -0.3 is 10.6 Å². The lowest BCUT2D eigenvalue weighted by atomic mass is 9.98. The molecule has 1 atom stereocenters. The molecule has 1 aromatic carbocycles. The van der Waals surface area contributed by atoms with Crippen LogP contribution >= 0.6 is 24.0 Å². The predicted octanol–water partition coefficient (Wildman–Crippen LogP) is 3.79. The van der Waals surface area contributed by atoms with Crippen molar-refractivity contribution in [3.63, 3.8) is 0 Å². The summed E-state index contributed by atoms with van der Waals surface area (Å²) in [5, 5.41) is 6.83. The number of rotatable bonds is 8. The van der Waals surface area contributed by atoms with E-state index in [1.165, 1.54) is 17.4 Å². The fourth-order valence-electron chi connectivity index (χ4n) is 3.67. The van der Waals surface area contributed by atoms with E-state index in [1.807, 2.05) is 0 Å². The highest BCUT2D eigenvalue weighted by atomic mass is 127. The van der Waals surface area contributed by atoms with Crippen LogP contribution in [0.4, 0.5) is 0 Å². The third-order valence-electron chi connectivity index (χ3n) is 5.37. The molecule has 0 saturated carbocycles. The van der Waals surface area contributed by atoms with Gasteiger partial charge >= 0.3 is 0 Å². The summed E-state index contributed by atoms with van der Waals surface area (Å²) in [6, 6.07) is 8.98. The number of aliphatic imine (C=N–C) groups is 1. The third kappa shape index (κ3) is 9.09. The summed E-state index contributed by atoms with van der Waals surface area (Å²) < 4.78 is 24.9. The van der Waals surface area contributed by atoms with Gasteiger partial charge in [-0.05, 0) is 56.1 Å². The van der Waals surface area contributed by atoms with Gasteiger partial charge in [-0.2, -0.15) is 0 Å². The van der Waals surface area contributed by atoms with Gasteiger partial charge in [0.05, 0.1) is 12.3 Å². The van der Waals surface area contributed by atoms with Gasteiger partial charge in [0, 0.05) is 26.2 Å². The Hall–Kier alpha value is -0.870. The van der Waals surface area contributed by atoms with E-state index < -0.39 is 10.0 Å². The monoisotopic (exact) mass is 550 g/mol. The average Bonchev–Trinajstić information content (AvgIpc) is 2.66. The summed E-state index contributed by atoms with van der Waals surface area (Å²) in [6.45, 7) is 11.4. The quantitative estimate of drug-likeness (QED) is 0.294. The van der Waals surface area contributed by atoms with Gasteiger partial charge in [0.1, 0.15) is 0 Å². The predicted molar refractivity (Wildman–Crippen MR) is 137 cm³/mol. The van der Waals surface area contributed by atoms with Crippen molar-refractivity contribution < 1.29 is 8.42 Å². The van der Waals surface area contributed by atoms with Crippen molar-refractivity contribution in [2.24, 2.45) is 16.8 Å². The second kappa shape index (κ2) is 12.9. The number of hydrogen-bond donors (Lipinski definition) is 2. The van der Waals surface area contributed by atoms with E-state index in [0.29, 0.717) is 31.5 Å². The van der Waals surface area contributed by atoms with Gasteiger partial charge in [0.25, 0.3) is 0 Å². The lowest BCUT2D eigenvalue weighted by Gasteiger charge is -2.29. The molecule has 0 radical (unpaired) electrons. The van der Waals surface area contributed by atoms with E-state index in [4.69, 9.17) is 4.99 Å². The summed E-state index contributed by atoms with van der Waals surface area (Å²) in [5.41, 5.74) is 2.61. The van der Waals surface area contributed by atoms with Gasteiger partial charge in [-0.25, -0.2) is 12.7 Å². The second-order valence-corrected chi connectivity index (χ2v) is 10.5. The van der Waals surface area contributed by atoms with Crippen LogP contribution in [-0.4, -0.2) is 51.1 Å². The molecule has 1 unspecified atom stereocenters. The van der Waals surface area contributed by atoms with Gasteiger partial charge in [0.15, 0.2) is 5.96 Å². The van der Waals surface area contributed by atoms with Crippen LogP contribution in [-0.2, 0) is 16.4 Å². The zero-order chi connectivity index (χ0) is 21.4. The highest BCUT2D eigenvalue weighted by Crippen LogP contribution is 2.20. The Morgan fingerprint density at radius 1 is 1.17 bits per heavy atom. The van der Waals surface area contributed by atoms with E-state index in [1.54, 1.807) is 4.31 Å². The summed E-state index contributed by atoms with van der Waals surface area (Å²) in [6.07, 6.45) is 4.12. The minimum absolute atomic E-state index is 0. The summed E-state index contributed by atoms with van der Waals surface area (Å²) in [5.74, 6) is 1.90. The number of benzene rings is 1. The smallest absolute Gasteiger partial charge is 0.211 e. The molecule has 2 rings (SSSR count). The van der Waals surface area contributed by atoms with E-state index in [2.05, 4.69) is 62.6 Å². The maximum atomic E-state index is 11.7. The molecule has 1 aliphatic heterocycles. The molecule has 1 saturated heterocycles. The number of piperidine rings is 1. The normalized spacial score (nSPS) is 17.5. The molecule has 2 N–H and O–H groups in total. The molecule has 1 heterocycles. The van der Waals surface area contributed by atoms with Gasteiger partial charge in [-0.1, -0.05) is 38.1 Å². The molecule has 0 aromatic heterocycles. The minimum Gasteiger partial charge on any atom is -0.357 e. The van der Waals surface area contributed by atoms with E-state index in [0.717, 1.165) is 31.8 Å². The number of hydrogen-bond acceptors (Lipinski definition) is 3. The summed E-state index contributed by atoms with van der Waals surface area (Å²) in [4.78, 5) is 4.77. The Balaban J connectivity index is 0.00000450. The van der Waals surface area contributed by atoms with Crippen LogP contribution in [0.5, 0.6) is 0 Å². The lowest BCUT2D eigenvalue weighted by Crippen LogP contribution is -2.40. The number of guanidine groups is 1. The maximum Gasteiger partial charge on any atom is 0.211 e. The highest BCUT2D eigenvalue weighted by molar-refractivity contribution is 14.0. The first kappa shape index (κ1) is 27.2. The molecule has 1 fully saturated rings.